The van der Waals surface area contributed by atoms with E-state index in [0.717, 1.165) is 60.5 Å². The van der Waals surface area contributed by atoms with E-state index >= 15 is 0 Å². The highest BCUT2D eigenvalue weighted by molar-refractivity contribution is 8.14. The van der Waals surface area contributed by atoms with Crippen molar-refractivity contribution in [2.24, 2.45) is 46.3 Å². The van der Waals surface area contributed by atoms with Gasteiger partial charge in [0.25, 0.3) is 0 Å². The first-order valence-corrected chi connectivity index (χ1v) is 17.6. The van der Waals surface area contributed by atoms with E-state index in [4.69, 9.17) is 4.74 Å². The normalized spacial score (nSPS) is 36.7. The smallest absolute Gasteiger partial charge is 0.229 e. The van der Waals surface area contributed by atoms with Crippen LogP contribution in [0.1, 0.15) is 119 Å². The fraction of sp³-hybridized carbons (Fsp3) is 0.757. The molecule has 9 atom stereocenters. The van der Waals surface area contributed by atoms with Crippen LogP contribution in [0.2, 0.25) is 0 Å². The lowest BCUT2D eigenvalue weighted by Crippen LogP contribution is -2.50. The van der Waals surface area contributed by atoms with Gasteiger partial charge >= 0.3 is 0 Å². The third-order valence-corrected chi connectivity index (χ3v) is 13.4. The third-order valence-electron chi connectivity index (χ3n) is 12.2. The number of thioether (sulfide) groups is 1. The molecule has 0 unspecified atom stereocenters. The van der Waals surface area contributed by atoms with Crippen LogP contribution in [0.5, 0.6) is 5.75 Å². The van der Waals surface area contributed by atoms with Gasteiger partial charge in [-0.3, -0.25) is 4.79 Å². The number of carbonyl (C=O) groups is 1. The summed E-state index contributed by atoms with van der Waals surface area (Å²) >= 11 is 1.58. The van der Waals surface area contributed by atoms with E-state index in [0.29, 0.717) is 16.1 Å². The van der Waals surface area contributed by atoms with Gasteiger partial charge in [0, 0.05) is 5.25 Å². The number of hydrogen-bond donors (Lipinski definition) is 0. The Morgan fingerprint density at radius 3 is 2.50 bits per heavy atom. The van der Waals surface area contributed by atoms with Gasteiger partial charge in [0.15, 0.2) is 6.10 Å². The molecular formula is C37H56O2S. The Morgan fingerprint density at radius 1 is 1.00 bits per heavy atom. The van der Waals surface area contributed by atoms with Gasteiger partial charge in [0.2, 0.25) is 5.12 Å². The van der Waals surface area contributed by atoms with E-state index in [9.17, 15) is 4.79 Å². The molecule has 0 radical (unpaired) electrons. The predicted molar refractivity (Wildman–Crippen MR) is 171 cm³/mol. The quantitative estimate of drug-likeness (QED) is 0.264. The zero-order chi connectivity index (χ0) is 28.5. The standard InChI is InChI=1S/C37H56O2S/c1-7-34(39-28-14-9-8-10-15-28)35(38)40-29-20-22-36(5)27(24-29)16-17-30-32-19-18-31(26(4)13-11-12-25(2)3)37(32,6)23-21-33(30)36/h8-10,14-16,25-26,29-34H,7,11-13,17-24H2,1-6H3/t26-,29-,30+,31-,32+,33+,34-,36-,37+/m0/s1. The fourth-order valence-corrected chi connectivity index (χ4v) is 11.1. The van der Waals surface area contributed by atoms with Gasteiger partial charge in [-0.05, 0) is 116 Å². The summed E-state index contributed by atoms with van der Waals surface area (Å²) in [4.78, 5) is 13.3. The maximum Gasteiger partial charge on any atom is 0.229 e. The number of hydrogen-bond acceptors (Lipinski definition) is 3. The highest BCUT2D eigenvalue weighted by Crippen LogP contribution is 2.67. The Balaban J connectivity index is 1.22. The first-order valence-electron chi connectivity index (χ1n) is 16.8. The Hall–Kier alpha value is -1.22. The molecule has 0 aliphatic heterocycles. The minimum Gasteiger partial charge on any atom is -0.482 e. The fourth-order valence-electron chi connectivity index (χ4n) is 9.95. The largest absolute Gasteiger partial charge is 0.482 e. The first kappa shape index (κ1) is 30.2. The van der Waals surface area contributed by atoms with Gasteiger partial charge in [-0.2, -0.15) is 0 Å². The molecule has 4 aliphatic rings. The van der Waals surface area contributed by atoms with Crippen molar-refractivity contribution in [1.29, 1.82) is 0 Å². The Morgan fingerprint density at radius 2 is 1.77 bits per heavy atom. The summed E-state index contributed by atoms with van der Waals surface area (Å²) in [5, 5.41) is 0.607. The number of fused-ring (bicyclic) bond motifs is 5. The summed E-state index contributed by atoms with van der Waals surface area (Å²) in [6.45, 7) is 14.7. The molecule has 0 saturated heterocycles. The lowest BCUT2D eigenvalue weighted by Gasteiger charge is -2.58. The van der Waals surface area contributed by atoms with Crippen LogP contribution >= 0.6 is 11.8 Å². The molecule has 4 aliphatic carbocycles. The SMILES string of the molecule is CC[C@H](Oc1ccccc1)C(=O)S[C@H]1CC[C@@]2(C)C(=CC[C@@H]3[C@H]4CC[C@@H]([C@@H](C)CCCC(C)C)[C@@]4(C)CC[C@H]32)C1. The Labute approximate surface area is 249 Å². The van der Waals surface area contributed by atoms with Crippen molar-refractivity contribution >= 4 is 16.9 Å². The molecule has 3 fully saturated rings. The van der Waals surface area contributed by atoms with Crippen LogP contribution < -0.4 is 4.74 Å². The number of carbonyl (C=O) groups excluding carboxylic acids is 1. The summed E-state index contributed by atoms with van der Waals surface area (Å²) in [7, 11) is 0. The maximum absolute atomic E-state index is 13.3. The first-order chi connectivity index (χ1) is 19.2. The highest BCUT2D eigenvalue weighted by atomic mass is 32.2. The van der Waals surface area contributed by atoms with E-state index in [1.54, 1.807) is 17.3 Å². The monoisotopic (exact) mass is 564 g/mol. The summed E-state index contributed by atoms with van der Waals surface area (Å²) in [5.41, 5.74) is 2.58. The summed E-state index contributed by atoms with van der Waals surface area (Å²) < 4.78 is 6.09. The minimum absolute atomic E-state index is 0.210. The number of rotatable bonds is 10. The van der Waals surface area contributed by atoms with Gasteiger partial charge in [0.05, 0.1) is 0 Å². The summed E-state index contributed by atoms with van der Waals surface area (Å²) in [6, 6.07) is 9.83. The average Bonchev–Trinajstić information content (AvgIpc) is 3.29. The van der Waals surface area contributed by atoms with Crippen LogP contribution in [0.25, 0.3) is 0 Å². The number of benzene rings is 1. The van der Waals surface area contributed by atoms with Crippen LogP contribution in [0, 0.1) is 46.3 Å². The van der Waals surface area contributed by atoms with Gasteiger partial charge in [-0.15, -0.1) is 0 Å². The van der Waals surface area contributed by atoms with Crippen molar-refractivity contribution < 1.29 is 9.53 Å². The van der Waals surface area contributed by atoms with Gasteiger partial charge < -0.3 is 4.74 Å². The van der Waals surface area contributed by atoms with E-state index in [1.807, 2.05) is 30.3 Å². The van der Waals surface area contributed by atoms with E-state index < -0.39 is 0 Å². The molecule has 1 aromatic rings. The number of para-hydroxylation sites is 1. The van der Waals surface area contributed by atoms with Crippen molar-refractivity contribution in [3.63, 3.8) is 0 Å². The molecule has 0 spiro atoms. The van der Waals surface area contributed by atoms with Crippen molar-refractivity contribution in [3.8, 4) is 5.75 Å². The number of allylic oxidation sites excluding steroid dienone is 2. The lowest BCUT2D eigenvalue weighted by atomic mass is 9.47. The van der Waals surface area contributed by atoms with Gasteiger partial charge in [-0.25, -0.2) is 0 Å². The molecule has 0 N–H and O–H groups in total. The maximum atomic E-state index is 13.3. The van der Waals surface area contributed by atoms with Gasteiger partial charge in [0.1, 0.15) is 5.75 Å². The van der Waals surface area contributed by atoms with Crippen LogP contribution in [-0.2, 0) is 4.79 Å². The third kappa shape index (κ3) is 5.97. The van der Waals surface area contributed by atoms with Crippen LogP contribution in [-0.4, -0.2) is 16.5 Å². The van der Waals surface area contributed by atoms with Crippen molar-refractivity contribution in [3.05, 3.63) is 42.0 Å². The topological polar surface area (TPSA) is 26.3 Å². The van der Waals surface area contributed by atoms with Crippen LogP contribution in [0.15, 0.2) is 42.0 Å². The molecule has 222 valence electrons. The zero-order valence-electron chi connectivity index (χ0n) is 26.3. The number of ether oxygens (including phenoxy) is 1. The van der Waals surface area contributed by atoms with Gasteiger partial charge in [-0.1, -0.05) is 102 Å². The van der Waals surface area contributed by atoms with E-state index in [2.05, 4.69) is 47.6 Å². The lowest BCUT2D eigenvalue weighted by molar-refractivity contribution is -0.117. The molecule has 0 amide bonds. The molecule has 3 saturated carbocycles. The molecular weight excluding hydrogens is 508 g/mol. The second-order valence-corrected chi connectivity index (χ2v) is 16.2. The van der Waals surface area contributed by atoms with Crippen molar-refractivity contribution in [2.75, 3.05) is 0 Å². The molecule has 3 heteroatoms. The molecule has 40 heavy (non-hydrogen) atoms. The highest BCUT2D eigenvalue weighted by Gasteiger charge is 2.59. The molecule has 0 bridgehead atoms. The minimum atomic E-state index is -0.357. The van der Waals surface area contributed by atoms with Crippen LogP contribution in [0.4, 0.5) is 0 Å². The zero-order valence-corrected chi connectivity index (χ0v) is 27.1. The second kappa shape index (κ2) is 12.6. The van der Waals surface area contributed by atoms with E-state index in [1.165, 1.54) is 57.8 Å². The molecule has 1 aromatic carbocycles. The Kier molecular flexibility index (Phi) is 9.50. The average molecular weight is 565 g/mol. The molecule has 0 heterocycles. The van der Waals surface area contributed by atoms with Crippen molar-refractivity contribution in [2.45, 2.75) is 130 Å². The molecule has 2 nitrogen and oxygen atoms in total. The van der Waals surface area contributed by atoms with E-state index in [-0.39, 0.29) is 11.2 Å². The summed E-state index contributed by atoms with van der Waals surface area (Å²) in [6.07, 6.45) is 17.8. The Bertz CT molecular complexity index is 1030. The van der Waals surface area contributed by atoms with Crippen molar-refractivity contribution in [1.82, 2.24) is 0 Å². The second-order valence-electron chi connectivity index (χ2n) is 14.9. The van der Waals surface area contributed by atoms with Crippen LogP contribution in [0.3, 0.4) is 0 Å². The molecule has 0 aromatic heterocycles. The predicted octanol–water partition coefficient (Wildman–Crippen LogP) is 10.5. The molecule has 5 rings (SSSR count). The summed E-state index contributed by atoms with van der Waals surface area (Å²) in [5.74, 6) is 6.05.